The Balaban J connectivity index is 1.41. The SMILES string of the molecule is COc1ccc2nc(-n3nc(C)cc3NC(=O)/C=C/c3coc4ccccc4c3=O)sc2c1. The Bertz CT molecular complexity index is 1600. The van der Waals surface area contributed by atoms with Crippen LogP contribution >= 0.6 is 11.3 Å². The predicted octanol–water partition coefficient (Wildman–Crippen LogP) is 4.56. The maximum absolute atomic E-state index is 12.6. The van der Waals surface area contributed by atoms with Crippen LogP contribution in [0.2, 0.25) is 0 Å². The Morgan fingerprint density at radius 2 is 2.06 bits per heavy atom. The molecule has 0 aliphatic carbocycles. The summed E-state index contributed by atoms with van der Waals surface area (Å²) in [6.07, 6.45) is 4.07. The van der Waals surface area contributed by atoms with Crippen LogP contribution in [0.15, 0.2) is 70.1 Å². The summed E-state index contributed by atoms with van der Waals surface area (Å²) in [4.78, 5) is 29.8. The van der Waals surface area contributed by atoms with Gasteiger partial charge in [-0.15, -0.1) is 0 Å². The van der Waals surface area contributed by atoms with Crippen molar-refractivity contribution >= 4 is 50.3 Å². The molecular formula is C24H18N4O4S. The van der Waals surface area contributed by atoms with E-state index in [2.05, 4.69) is 15.4 Å². The minimum Gasteiger partial charge on any atom is -0.497 e. The van der Waals surface area contributed by atoms with Crippen molar-refractivity contribution in [2.24, 2.45) is 0 Å². The van der Waals surface area contributed by atoms with Crippen LogP contribution in [-0.4, -0.2) is 27.8 Å². The quantitative estimate of drug-likeness (QED) is 0.388. The van der Waals surface area contributed by atoms with E-state index < -0.39 is 5.91 Å². The second-order valence-corrected chi connectivity index (χ2v) is 8.26. The highest BCUT2D eigenvalue weighted by molar-refractivity contribution is 7.20. The lowest BCUT2D eigenvalue weighted by Crippen LogP contribution is -2.12. The van der Waals surface area contributed by atoms with Crippen LogP contribution in [0.25, 0.3) is 32.4 Å². The third-order valence-corrected chi connectivity index (χ3v) is 5.96. The molecule has 33 heavy (non-hydrogen) atoms. The van der Waals surface area contributed by atoms with Crippen molar-refractivity contribution in [3.05, 3.63) is 82.4 Å². The standard InChI is InChI=1S/C24H18N4O4S/c1-14-11-21(28(27-14)24-25-18-9-8-16(31-2)12-20(18)33-24)26-22(29)10-7-15-13-32-19-6-4-3-5-17(19)23(15)30/h3-13H,1-2H3,(H,26,29)/b10-7+. The summed E-state index contributed by atoms with van der Waals surface area (Å²) in [7, 11) is 1.61. The maximum Gasteiger partial charge on any atom is 0.249 e. The summed E-state index contributed by atoms with van der Waals surface area (Å²) >= 11 is 1.43. The second kappa shape index (κ2) is 8.36. The normalized spacial score (nSPS) is 11.5. The first kappa shape index (κ1) is 20.7. The first-order valence-corrected chi connectivity index (χ1v) is 10.8. The van der Waals surface area contributed by atoms with E-state index in [0.717, 1.165) is 21.7 Å². The van der Waals surface area contributed by atoms with Gasteiger partial charge < -0.3 is 14.5 Å². The number of benzene rings is 2. The molecule has 0 aliphatic heterocycles. The Hall–Kier alpha value is -4.24. The van der Waals surface area contributed by atoms with Crippen LogP contribution in [-0.2, 0) is 4.79 Å². The van der Waals surface area contributed by atoms with Crippen LogP contribution in [0, 0.1) is 6.92 Å². The lowest BCUT2D eigenvalue weighted by Gasteiger charge is -2.04. The number of anilines is 1. The van der Waals surface area contributed by atoms with Crippen molar-refractivity contribution in [1.82, 2.24) is 14.8 Å². The monoisotopic (exact) mass is 458 g/mol. The molecule has 5 aromatic rings. The number of nitrogens with one attached hydrogen (secondary N) is 1. The Morgan fingerprint density at radius 3 is 2.91 bits per heavy atom. The van der Waals surface area contributed by atoms with Crippen LogP contribution in [0.5, 0.6) is 5.75 Å². The molecular weight excluding hydrogens is 440 g/mol. The van der Waals surface area contributed by atoms with E-state index in [9.17, 15) is 9.59 Å². The zero-order valence-corrected chi connectivity index (χ0v) is 18.6. The van der Waals surface area contributed by atoms with Gasteiger partial charge in [0.1, 0.15) is 23.4 Å². The van der Waals surface area contributed by atoms with Gasteiger partial charge in [0.25, 0.3) is 0 Å². The molecule has 2 aromatic carbocycles. The minimum atomic E-state index is -0.411. The molecule has 0 aliphatic rings. The van der Waals surface area contributed by atoms with E-state index in [1.807, 2.05) is 25.1 Å². The summed E-state index contributed by atoms with van der Waals surface area (Å²) in [5.74, 6) is 0.802. The number of aryl methyl sites for hydroxylation is 1. The van der Waals surface area contributed by atoms with E-state index in [4.69, 9.17) is 9.15 Å². The van der Waals surface area contributed by atoms with Crippen molar-refractivity contribution in [2.45, 2.75) is 6.92 Å². The molecule has 0 bridgehead atoms. The van der Waals surface area contributed by atoms with Gasteiger partial charge in [0, 0.05) is 12.1 Å². The molecule has 0 fully saturated rings. The Kier molecular flexibility index (Phi) is 5.23. The number of rotatable bonds is 5. The first-order chi connectivity index (χ1) is 16.0. The number of hydrogen-bond donors (Lipinski definition) is 1. The number of nitrogens with zero attached hydrogens (tertiary/aromatic N) is 3. The fourth-order valence-corrected chi connectivity index (χ4v) is 4.35. The van der Waals surface area contributed by atoms with Gasteiger partial charge >= 0.3 is 0 Å². The molecule has 164 valence electrons. The fourth-order valence-electron chi connectivity index (χ4n) is 3.39. The molecule has 9 heteroatoms. The third-order valence-electron chi connectivity index (χ3n) is 4.97. The van der Waals surface area contributed by atoms with Crippen molar-refractivity contribution in [3.63, 3.8) is 0 Å². The number of thiazole rings is 1. The smallest absolute Gasteiger partial charge is 0.249 e. The van der Waals surface area contributed by atoms with E-state index in [0.29, 0.717) is 21.9 Å². The number of fused-ring (bicyclic) bond motifs is 2. The molecule has 1 N–H and O–H groups in total. The van der Waals surface area contributed by atoms with E-state index in [-0.39, 0.29) is 11.0 Å². The summed E-state index contributed by atoms with van der Waals surface area (Å²) in [5, 5.41) is 8.35. The highest BCUT2D eigenvalue weighted by Gasteiger charge is 2.14. The fraction of sp³-hybridized carbons (Fsp3) is 0.0833. The molecule has 8 nitrogen and oxygen atoms in total. The van der Waals surface area contributed by atoms with Crippen molar-refractivity contribution < 1.29 is 13.9 Å². The second-order valence-electron chi connectivity index (χ2n) is 7.25. The molecule has 1 amide bonds. The lowest BCUT2D eigenvalue weighted by atomic mass is 10.1. The summed E-state index contributed by atoms with van der Waals surface area (Å²) in [6, 6.07) is 14.3. The highest BCUT2D eigenvalue weighted by atomic mass is 32.1. The summed E-state index contributed by atoms with van der Waals surface area (Å²) in [5.41, 5.74) is 2.11. The molecule has 0 atom stereocenters. The van der Waals surface area contributed by atoms with Crippen molar-refractivity contribution in [2.75, 3.05) is 12.4 Å². The zero-order chi connectivity index (χ0) is 22.9. The van der Waals surface area contributed by atoms with E-state index >= 15 is 0 Å². The van der Waals surface area contributed by atoms with Gasteiger partial charge in [-0.2, -0.15) is 9.78 Å². The summed E-state index contributed by atoms with van der Waals surface area (Å²) in [6.45, 7) is 1.83. The molecule has 0 saturated heterocycles. The average Bonchev–Trinajstić information content (AvgIpc) is 3.40. The molecule has 3 aromatic heterocycles. The highest BCUT2D eigenvalue weighted by Crippen LogP contribution is 2.30. The number of carbonyl (C=O) groups is 1. The van der Waals surface area contributed by atoms with Crippen LogP contribution in [0.3, 0.4) is 0 Å². The number of amides is 1. The van der Waals surface area contributed by atoms with Gasteiger partial charge in [-0.25, -0.2) is 4.98 Å². The van der Waals surface area contributed by atoms with Crippen molar-refractivity contribution in [1.29, 1.82) is 0 Å². The van der Waals surface area contributed by atoms with Crippen molar-refractivity contribution in [3.8, 4) is 10.9 Å². The lowest BCUT2D eigenvalue weighted by molar-refractivity contribution is -0.111. The number of ether oxygens (including phenoxy) is 1. The number of methoxy groups -OCH3 is 1. The van der Waals surface area contributed by atoms with Gasteiger partial charge in [0.15, 0.2) is 5.43 Å². The number of aromatic nitrogens is 3. The van der Waals surface area contributed by atoms with E-state index in [1.165, 1.54) is 29.8 Å². The molecule has 0 spiro atoms. The number of hydrogen-bond acceptors (Lipinski definition) is 7. The van der Waals surface area contributed by atoms with Gasteiger partial charge in [-0.1, -0.05) is 23.5 Å². The van der Waals surface area contributed by atoms with Gasteiger partial charge in [0.05, 0.1) is 34.0 Å². The Labute approximate surface area is 191 Å². The van der Waals surface area contributed by atoms with Crippen LogP contribution in [0.1, 0.15) is 11.3 Å². The molecule has 3 heterocycles. The van der Waals surface area contributed by atoms with Gasteiger partial charge in [0.2, 0.25) is 11.0 Å². The summed E-state index contributed by atoms with van der Waals surface area (Å²) < 4.78 is 13.3. The Morgan fingerprint density at radius 1 is 1.21 bits per heavy atom. The van der Waals surface area contributed by atoms with Crippen LogP contribution in [0.4, 0.5) is 5.82 Å². The predicted molar refractivity (Wildman–Crippen MR) is 128 cm³/mol. The van der Waals surface area contributed by atoms with E-state index in [1.54, 1.807) is 42.1 Å². The zero-order valence-electron chi connectivity index (χ0n) is 17.7. The third kappa shape index (κ3) is 4.01. The van der Waals surface area contributed by atoms with Gasteiger partial charge in [-0.3, -0.25) is 9.59 Å². The number of carbonyl (C=O) groups excluding carboxylic acids is 1. The average molecular weight is 458 g/mol. The molecule has 0 radical (unpaired) electrons. The van der Waals surface area contributed by atoms with Crippen LogP contribution < -0.4 is 15.5 Å². The topological polar surface area (TPSA) is 99.2 Å². The minimum absolute atomic E-state index is 0.202. The maximum atomic E-state index is 12.6. The largest absolute Gasteiger partial charge is 0.497 e. The molecule has 0 unspecified atom stereocenters. The molecule has 0 saturated carbocycles. The molecule has 5 rings (SSSR count). The first-order valence-electron chi connectivity index (χ1n) is 10.0. The number of para-hydroxylation sites is 1. The van der Waals surface area contributed by atoms with Gasteiger partial charge in [-0.05, 0) is 43.3 Å².